The molecule has 1 heterocycles. The van der Waals surface area contributed by atoms with Crippen molar-refractivity contribution in [3.8, 4) is 10.4 Å². The lowest BCUT2D eigenvalue weighted by atomic mass is 10.0. The van der Waals surface area contributed by atoms with Crippen LogP contribution in [0, 0.1) is 0 Å². The molecule has 0 bridgehead atoms. The van der Waals surface area contributed by atoms with Crippen LogP contribution in [0.25, 0.3) is 10.4 Å². The van der Waals surface area contributed by atoms with E-state index in [9.17, 15) is 4.79 Å². The van der Waals surface area contributed by atoms with Gasteiger partial charge in [0.1, 0.15) is 0 Å². The van der Waals surface area contributed by atoms with E-state index in [1.165, 1.54) is 16.0 Å². The molecular weight excluding hydrogens is 322 g/mol. The van der Waals surface area contributed by atoms with Gasteiger partial charge in [0.15, 0.2) is 0 Å². The Kier molecular flexibility index (Phi) is 6.55. The molecule has 0 saturated carbocycles. The molecule has 2 aromatic rings. The minimum Gasteiger partial charge on any atom is -0.463 e. The number of esters is 1. The first-order chi connectivity index (χ1) is 11.5. The normalized spacial score (nSPS) is 11.6. The van der Waals surface area contributed by atoms with Gasteiger partial charge in [0.05, 0.1) is 17.2 Å². The van der Waals surface area contributed by atoms with Gasteiger partial charge >= 0.3 is 5.97 Å². The fourth-order valence-electron chi connectivity index (χ4n) is 2.15. The van der Waals surface area contributed by atoms with Crippen LogP contribution in [0.1, 0.15) is 44.1 Å². The van der Waals surface area contributed by atoms with Crippen molar-refractivity contribution in [2.24, 2.45) is 5.16 Å². The molecular formula is C19H23NO3S. The van der Waals surface area contributed by atoms with E-state index in [2.05, 4.69) is 49.3 Å². The summed E-state index contributed by atoms with van der Waals surface area (Å²) in [4.78, 5) is 18.4. The first-order valence-corrected chi connectivity index (χ1v) is 8.85. The van der Waals surface area contributed by atoms with Crippen LogP contribution >= 0.6 is 11.3 Å². The quantitative estimate of drug-likeness (QED) is 0.410. The van der Waals surface area contributed by atoms with Crippen molar-refractivity contribution >= 4 is 23.0 Å². The number of benzene rings is 1. The van der Waals surface area contributed by atoms with Gasteiger partial charge in [0.2, 0.25) is 6.61 Å². The zero-order chi connectivity index (χ0) is 17.5. The number of rotatable bonds is 7. The molecule has 0 saturated heterocycles. The highest BCUT2D eigenvalue weighted by atomic mass is 32.1. The first-order valence-electron chi connectivity index (χ1n) is 8.04. The van der Waals surface area contributed by atoms with Gasteiger partial charge in [-0.15, -0.1) is 11.3 Å². The Bertz CT molecular complexity index is 702. The molecule has 5 heteroatoms. The molecule has 0 fully saturated rings. The number of carbonyl (C=O) groups is 1. The standard InChI is InChI=1S/C19H23NO3S/c1-5-22-19(21)12-23-20-14(4)17-10-11-18(24-17)16-8-6-15(7-9-16)13(2)3/h6-11,13H,5,12H2,1-4H3/b20-14+. The van der Waals surface area contributed by atoms with E-state index in [-0.39, 0.29) is 6.61 Å². The highest BCUT2D eigenvalue weighted by Gasteiger charge is 2.07. The van der Waals surface area contributed by atoms with E-state index < -0.39 is 5.97 Å². The Labute approximate surface area is 147 Å². The molecule has 4 nitrogen and oxygen atoms in total. The van der Waals surface area contributed by atoms with E-state index in [4.69, 9.17) is 9.57 Å². The summed E-state index contributed by atoms with van der Waals surface area (Å²) in [6.07, 6.45) is 0. The van der Waals surface area contributed by atoms with Crippen LogP contribution in [0.3, 0.4) is 0 Å². The zero-order valence-corrected chi connectivity index (χ0v) is 15.4. The van der Waals surface area contributed by atoms with Crippen LogP contribution in [0.15, 0.2) is 41.6 Å². The molecule has 1 aromatic heterocycles. The molecule has 128 valence electrons. The predicted octanol–water partition coefficient (Wildman–Crippen LogP) is 4.84. The van der Waals surface area contributed by atoms with E-state index in [1.54, 1.807) is 18.3 Å². The van der Waals surface area contributed by atoms with Crippen molar-refractivity contribution in [2.45, 2.75) is 33.6 Å². The average Bonchev–Trinajstić information content (AvgIpc) is 3.05. The van der Waals surface area contributed by atoms with Crippen LogP contribution in [0.4, 0.5) is 0 Å². The number of thiophene rings is 1. The minimum atomic E-state index is -0.411. The smallest absolute Gasteiger partial charge is 0.347 e. The molecule has 1 aromatic carbocycles. The Morgan fingerprint density at radius 1 is 1.17 bits per heavy atom. The fraction of sp³-hybridized carbons (Fsp3) is 0.368. The third-order valence-corrected chi connectivity index (χ3v) is 4.76. The number of hydrogen-bond acceptors (Lipinski definition) is 5. The highest BCUT2D eigenvalue weighted by molar-refractivity contribution is 7.17. The Morgan fingerprint density at radius 3 is 2.50 bits per heavy atom. The monoisotopic (exact) mass is 345 g/mol. The second-order valence-corrected chi connectivity index (χ2v) is 6.78. The SMILES string of the molecule is CCOC(=O)CO/N=C(\C)c1ccc(-c2ccc(C(C)C)cc2)s1. The van der Waals surface area contributed by atoms with Crippen molar-refractivity contribution in [2.75, 3.05) is 13.2 Å². The zero-order valence-electron chi connectivity index (χ0n) is 14.5. The second-order valence-electron chi connectivity index (χ2n) is 5.70. The van der Waals surface area contributed by atoms with Crippen molar-refractivity contribution in [3.05, 3.63) is 46.8 Å². The summed E-state index contributed by atoms with van der Waals surface area (Å²) < 4.78 is 4.79. The summed E-state index contributed by atoms with van der Waals surface area (Å²) in [5, 5.41) is 3.99. The maximum atomic E-state index is 11.2. The third kappa shape index (κ3) is 4.93. The van der Waals surface area contributed by atoms with Crippen LogP contribution in [-0.4, -0.2) is 24.9 Å². The number of hydrogen-bond donors (Lipinski definition) is 0. The van der Waals surface area contributed by atoms with Crippen molar-refractivity contribution in [1.82, 2.24) is 0 Å². The highest BCUT2D eigenvalue weighted by Crippen LogP contribution is 2.29. The molecule has 0 unspecified atom stereocenters. The summed E-state index contributed by atoms with van der Waals surface area (Å²) in [5.74, 6) is 0.120. The van der Waals surface area contributed by atoms with E-state index >= 15 is 0 Å². The van der Waals surface area contributed by atoms with Crippen LogP contribution in [0.5, 0.6) is 0 Å². The van der Waals surface area contributed by atoms with Gasteiger partial charge in [-0.3, -0.25) is 0 Å². The summed E-state index contributed by atoms with van der Waals surface area (Å²) >= 11 is 1.65. The van der Waals surface area contributed by atoms with Gasteiger partial charge in [-0.05, 0) is 43.0 Å². The summed E-state index contributed by atoms with van der Waals surface area (Å²) in [6.45, 7) is 8.17. The molecule has 0 amide bonds. The van der Waals surface area contributed by atoms with Gasteiger partial charge in [-0.25, -0.2) is 4.79 Å². The lowest BCUT2D eigenvalue weighted by molar-refractivity contribution is -0.148. The molecule has 0 N–H and O–H groups in total. The number of nitrogens with zero attached hydrogens (tertiary/aromatic N) is 1. The molecule has 24 heavy (non-hydrogen) atoms. The van der Waals surface area contributed by atoms with Crippen molar-refractivity contribution in [3.63, 3.8) is 0 Å². The lowest BCUT2D eigenvalue weighted by Crippen LogP contribution is -2.10. The Balaban J connectivity index is 2.02. The lowest BCUT2D eigenvalue weighted by Gasteiger charge is -2.05. The summed E-state index contributed by atoms with van der Waals surface area (Å²) in [6, 6.07) is 12.7. The van der Waals surface area contributed by atoms with Gasteiger partial charge in [-0.1, -0.05) is 43.3 Å². The van der Waals surface area contributed by atoms with E-state index in [1.807, 2.05) is 13.0 Å². The molecule has 0 atom stereocenters. The number of carbonyl (C=O) groups excluding carboxylic acids is 1. The van der Waals surface area contributed by atoms with Crippen molar-refractivity contribution in [1.29, 1.82) is 0 Å². The first kappa shape index (κ1) is 18.2. The Morgan fingerprint density at radius 2 is 1.88 bits per heavy atom. The van der Waals surface area contributed by atoms with Gasteiger partial charge in [0, 0.05) is 4.88 Å². The minimum absolute atomic E-state index is 0.167. The second kappa shape index (κ2) is 8.64. The largest absolute Gasteiger partial charge is 0.463 e. The topological polar surface area (TPSA) is 47.9 Å². The predicted molar refractivity (Wildman–Crippen MR) is 98.6 cm³/mol. The summed E-state index contributed by atoms with van der Waals surface area (Å²) in [7, 11) is 0. The number of ether oxygens (including phenoxy) is 1. The number of oxime groups is 1. The van der Waals surface area contributed by atoms with Crippen molar-refractivity contribution < 1.29 is 14.4 Å². The Hall–Kier alpha value is -2.14. The van der Waals surface area contributed by atoms with E-state index in [0.29, 0.717) is 12.5 Å². The molecule has 0 aliphatic heterocycles. The van der Waals surface area contributed by atoms with Crippen LogP contribution < -0.4 is 0 Å². The van der Waals surface area contributed by atoms with Crippen LogP contribution in [0.2, 0.25) is 0 Å². The van der Waals surface area contributed by atoms with Gasteiger partial charge < -0.3 is 9.57 Å². The van der Waals surface area contributed by atoms with Crippen LogP contribution in [-0.2, 0) is 14.4 Å². The summed E-state index contributed by atoms with van der Waals surface area (Å²) in [5.41, 5.74) is 3.27. The molecule has 0 spiro atoms. The van der Waals surface area contributed by atoms with Gasteiger partial charge in [0.25, 0.3) is 0 Å². The third-order valence-electron chi connectivity index (χ3n) is 3.51. The maximum Gasteiger partial charge on any atom is 0.347 e. The molecule has 0 radical (unpaired) electrons. The molecule has 2 rings (SSSR count). The average molecular weight is 345 g/mol. The fourth-order valence-corrected chi connectivity index (χ4v) is 3.10. The molecule has 0 aliphatic rings. The molecule has 0 aliphatic carbocycles. The van der Waals surface area contributed by atoms with E-state index in [0.717, 1.165) is 10.6 Å². The maximum absolute atomic E-state index is 11.2. The van der Waals surface area contributed by atoms with Gasteiger partial charge in [-0.2, -0.15) is 0 Å².